The first-order chi connectivity index (χ1) is 6.90. The van der Waals surface area contributed by atoms with E-state index in [0.29, 0.717) is 12.1 Å². The molecule has 0 aliphatic rings. The number of nitrogens with zero attached hydrogens (tertiary/aromatic N) is 2. The summed E-state index contributed by atoms with van der Waals surface area (Å²) < 4.78 is 37.3. The maximum Gasteiger partial charge on any atom is 0.391 e. The molecule has 3 nitrogen and oxygen atoms in total. The molecule has 1 heterocycles. The second kappa shape index (κ2) is 4.65. The highest BCUT2D eigenvalue weighted by Crippen LogP contribution is 2.22. The van der Waals surface area contributed by atoms with Crippen LogP contribution < -0.4 is 0 Å². The van der Waals surface area contributed by atoms with E-state index < -0.39 is 18.7 Å². The van der Waals surface area contributed by atoms with E-state index in [4.69, 9.17) is 5.11 Å². The van der Waals surface area contributed by atoms with Gasteiger partial charge in [-0.15, -0.1) is 0 Å². The Morgan fingerprint density at radius 2 is 2.20 bits per heavy atom. The van der Waals surface area contributed by atoms with Crippen LogP contribution in [0, 0.1) is 0 Å². The summed E-state index contributed by atoms with van der Waals surface area (Å²) >= 11 is 0. The van der Waals surface area contributed by atoms with Gasteiger partial charge in [-0.1, -0.05) is 0 Å². The Bertz CT molecular complexity index is 309. The van der Waals surface area contributed by atoms with E-state index in [-0.39, 0.29) is 6.42 Å². The van der Waals surface area contributed by atoms with Gasteiger partial charge in [0.05, 0.1) is 18.7 Å². The lowest BCUT2D eigenvalue weighted by Gasteiger charge is -2.11. The van der Waals surface area contributed by atoms with E-state index in [1.165, 1.54) is 6.20 Å². The van der Waals surface area contributed by atoms with Gasteiger partial charge in [0.15, 0.2) is 0 Å². The second-order valence-electron chi connectivity index (χ2n) is 3.38. The van der Waals surface area contributed by atoms with Crippen LogP contribution in [0.25, 0.3) is 0 Å². The smallest absolute Gasteiger partial charge is 0.391 e. The van der Waals surface area contributed by atoms with Crippen LogP contribution in [0.4, 0.5) is 13.2 Å². The number of alkyl halides is 3. The van der Waals surface area contributed by atoms with E-state index in [1.807, 2.05) is 6.92 Å². The standard InChI is InChI=1S/C9H13F3N2O/c1-2-14-6-7(5-13-14)3-8(15)4-9(10,11)12/h5-6,8,15H,2-4H2,1H3. The molecule has 0 fully saturated rings. The predicted molar refractivity (Wildman–Crippen MR) is 48.3 cm³/mol. The molecule has 1 aromatic rings. The minimum absolute atomic E-state index is 0.0144. The molecule has 6 heteroatoms. The summed E-state index contributed by atoms with van der Waals surface area (Å²) in [6, 6.07) is 0. The SMILES string of the molecule is CCn1cc(CC(O)CC(F)(F)F)cn1. The first kappa shape index (κ1) is 12.0. The number of aliphatic hydroxyl groups excluding tert-OH is 1. The van der Waals surface area contributed by atoms with Crippen molar-refractivity contribution in [1.82, 2.24) is 9.78 Å². The van der Waals surface area contributed by atoms with Gasteiger partial charge in [-0.2, -0.15) is 18.3 Å². The number of hydrogen-bond donors (Lipinski definition) is 1. The highest BCUT2D eigenvalue weighted by atomic mass is 19.4. The van der Waals surface area contributed by atoms with E-state index in [1.54, 1.807) is 10.9 Å². The van der Waals surface area contributed by atoms with Crippen molar-refractivity contribution in [2.24, 2.45) is 0 Å². The molecule has 0 aromatic carbocycles. The monoisotopic (exact) mass is 222 g/mol. The molecule has 0 amide bonds. The molecule has 1 N–H and O–H groups in total. The fourth-order valence-corrected chi connectivity index (χ4v) is 1.30. The predicted octanol–water partition coefficient (Wildman–Crippen LogP) is 1.76. The van der Waals surface area contributed by atoms with Crippen molar-refractivity contribution in [2.45, 2.75) is 38.6 Å². The lowest BCUT2D eigenvalue weighted by Crippen LogP contribution is -2.21. The summed E-state index contributed by atoms with van der Waals surface area (Å²) in [5, 5.41) is 13.1. The molecule has 0 saturated heterocycles. The third kappa shape index (κ3) is 4.33. The molecule has 1 atom stereocenters. The number of halogens is 3. The van der Waals surface area contributed by atoms with Crippen LogP contribution in [-0.4, -0.2) is 27.2 Å². The topological polar surface area (TPSA) is 38.0 Å². The van der Waals surface area contributed by atoms with Crippen molar-refractivity contribution in [2.75, 3.05) is 0 Å². The Morgan fingerprint density at radius 1 is 1.53 bits per heavy atom. The maximum absolute atomic E-state index is 11.9. The van der Waals surface area contributed by atoms with Gasteiger partial charge in [0.2, 0.25) is 0 Å². The van der Waals surface area contributed by atoms with Crippen molar-refractivity contribution in [3.8, 4) is 0 Å². The normalized spacial score (nSPS) is 14.2. The van der Waals surface area contributed by atoms with E-state index in [0.717, 1.165) is 0 Å². The Kier molecular flexibility index (Phi) is 3.73. The Labute approximate surface area is 85.5 Å². The fourth-order valence-electron chi connectivity index (χ4n) is 1.30. The summed E-state index contributed by atoms with van der Waals surface area (Å²) in [5.41, 5.74) is 0.619. The van der Waals surface area contributed by atoms with Crippen LogP contribution in [0.2, 0.25) is 0 Å². The van der Waals surface area contributed by atoms with Crippen molar-refractivity contribution >= 4 is 0 Å². The Morgan fingerprint density at radius 3 is 2.67 bits per heavy atom. The minimum Gasteiger partial charge on any atom is -0.392 e. The number of hydrogen-bond acceptors (Lipinski definition) is 2. The van der Waals surface area contributed by atoms with Gasteiger partial charge in [0.25, 0.3) is 0 Å². The first-order valence-electron chi connectivity index (χ1n) is 4.67. The summed E-state index contributed by atoms with van der Waals surface area (Å²) in [6.07, 6.45) is -3.79. The van der Waals surface area contributed by atoms with Crippen molar-refractivity contribution in [1.29, 1.82) is 0 Å². The largest absolute Gasteiger partial charge is 0.392 e. The van der Waals surface area contributed by atoms with Gasteiger partial charge in [-0.05, 0) is 12.5 Å². The molecule has 1 unspecified atom stereocenters. The summed E-state index contributed by atoms with van der Waals surface area (Å²) in [6.45, 7) is 2.54. The van der Waals surface area contributed by atoms with Crippen LogP contribution >= 0.6 is 0 Å². The lowest BCUT2D eigenvalue weighted by molar-refractivity contribution is -0.153. The quantitative estimate of drug-likeness (QED) is 0.842. The zero-order valence-electron chi connectivity index (χ0n) is 8.33. The molecule has 86 valence electrons. The van der Waals surface area contributed by atoms with Gasteiger partial charge >= 0.3 is 6.18 Å². The van der Waals surface area contributed by atoms with Gasteiger partial charge in [-0.25, -0.2) is 0 Å². The summed E-state index contributed by atoms with van der Waals surface area (Å²) in [7, 11) is 0. The van der Waals surface area contributed by atoms with Crippen molar-refractivity contribution in [3.63, 3.8) is 0 Å². The molecule has 1 rings (SSSR count). The number of aliphatic hydroxyl groups is 1. The summed E-state index contributed by atoms with van der Waals surface area (Å²) in [4.78, 5) is 0. The third-order valence-corrected chi connectivity index (χ3v) is 1.95. The average molecular weight is 222 g/mol. The van der Waals surface area contributed by atoms with Gasteiger partial charge in [0, 0.05) is 19.2 Å². The van der Waals surface area contributed by atoms with E-state index in [2.05, 4.69) is 5.10 Å². The highest BCUT2D eigenvalue weighted by molar-refractivity contribution is 5.05. The third-order valence-electron chi connectivity index (χ3n) is 1.95. The Hall–Kier alpha value is -1.04. The molecular formula is C9H13F3N2O. The molecular weight excluding hydrogens is 209 g/mol. The molecule has 0 spiro atoms. The number of rotatable bonds is 4. The molecule has 0 aliphatic carbocycles. The maximum atomic E-state index is 11.9. The van der Waals surface area contributed by atoms with Gasteiger partial charge < -0.3 is 5.11 Å². The second-order valence-corrected chi connectivity index (χ2v) is 3.38. The number of aryl methyl sites for hydroxylation is 1. The van der Waals surface area contributed by atoms with E-state index >= 15 is 0 Å². The van der Waals surface area contributed by atoms with Crippen LogP contribution in [0.1, 0.15) is 18.9 Å². The molecule has 0 aliphatic heterocycles. The van der Waals surface area contributed by atoms with Crippen molar-refractivity contribution < 1.29 is 18.3 Å². The fraction of sp³-hybridized carbons (Fsp3) is 0.667. The molecule has 0 radical (unpaired) electrons. The minimum atomic E-state index is -4.32. The average Bonchev–Trinajstić information content (AvgIpc) is 2.48. The molecule has 1 aromatic heterocycles. The zero-order valence-corrected chi connectivity index (χ0v) is 8.33. The van der Waals surface area contributed by atoms with Crippen LogP contribution in [0.5, 0.6) is 0 Å². The van der Waals surface area contributed by atoms with Crippen LogP contribution in [0.15, 0.2) is 12.4 Å². The van der Waals surface area contributed by atoms with Crippen LogP contribution in [0.3, 0.4) is 0 Å². The first-order valence-corrected chi connectivity index (χ1v) is 4.67. The van der Waals surface area contributed by atoms with Gasteiger partial charge in [-0.3, -0.25) is 4.68 Å². The highest BCUT2D eigenvalue weighted by Gasteiger charge is 2.31. The Balaban J connectivity index is 2.47. The molecule has 0 saturated carbocycles. The number of aromatic nitrogens is 2. The van der Waals surface area contributed by atoms with E-state index in [9.17, 15) is 13.2 Å². The zero-order chi connectivity index (χ0) is 11.5. The van der Waals surface area contributed by atoms with Crippen molar-refractivity contribution in [3.05, 3.63) is 18.0 Å². The van der Waals surface area contributed by atoms with Gasteiger partial charge in [0.1, 0.15) is 0 Å². The lowest BCUT2D eigenvalue weighted by atomic mass is 10.1. The van der Waals surface area contributed by atoms with Crippen LogP contribution in [-0.2, 0) is 13.0 Å². The molecule has 0 bridgehead atoms. The molecule has 15 heavy (non-hydrogen) atoms. The summed E-state index contributed by atoms with van der Waals surface area (Å²) in [5.74, 6) is 0.